The molecule has 0 spiro atoms. The van der Waals surface area contributed by atoms with Gasteiger partial charge >= 0.3 is 5.97 Å². The molecule has 1 aliphatic heterocycles. The molecule has 1 aliphatic rings. The van der Waals surface area contributed by atoms with Crippen LogP contribution in [0.25, 0.3) is 22.2 Å². The number of aromatic nitrogens is 1. The predicted octanol–water partition coefficient (Wildman–Crippen LogP) is 6.83. The first-order valence-corrected chi connectivity index (χ1v) is 15.3. The Labute approximate surface area is 252 Å². The van der Waals surface area contributed by atoms with Crippen LogP contribution in [0, 0.1) is 0 Å². The summed E-state index contributed by atoms with van der Waals surface area (Å²) in [5, 5.41) is 3.79. The summed E-state index contributed by atoms with van der Waals surface area (Å²) in [5.74, 6) is -1.32. The van der Waals surface area contributed by atoms with E-state index in [1.807, 2.05) is 0 Å². The van der Waals surface area contributed by atoms with E-state index in [9.17, 15) is 18.0 Å². The molecule has 12 heteroatoms. The highest BCUT2D eigenvalue weighted by molar-refractivity contribution is 7.89. The van der Waals surface area contributed by atoms with Gasteiger partial charge in [-0.2, -0.15) is 4.31 Å². The van der Waals surface area contributed by atoms with Gasteiger partial charge in [-0.05, 0) is 61.4 Å². The first kappa shape index (κ1) is 29.3. The summed E-state index contributed by atoms with van der Waals surface area (Å²) in [6.07, 6.45) is 2.70. The molecule has 4 aromatic rings. The summed E-state index contributed by atoms with van der Waals surface area (Å²) < 4.78 is 32.5. The van der Waals surface area contributed by atoms with Crippen molar-refractivity contribution in [2.75, 3.05) is 25.0 Å². The van der Waals surface area contributed by atoms with Gasteiger partial charge in [0.2, 0.25) is 10.0 Å². The topological polar surface area (TPSA) is 106 Å². The minimum absolute atomic E-state index is 0.159. The van der Waals surface area contributed by atoms with Crippen LogP contribution in [0.1, 0.15) is 29.6 Å². The summed E-state index contributed by atoms with van der Waals surface area (Å²) in [7, 11) is -3.58. The Balaban J connectivity index is 1.29. The lowest BCUT2D eigenvalue weighted by atomic mass is 10.0. The van der Waals surface area contributed by atoms with Gasteiger partial charge in [0.25, 0.3) is 5.91 Å². The fourth-order valence-electron chi connectivity index (χ4n) is 4.58. The Morgan fingerprint density at radius 3 is 2.34 bits per heavy atom. The molecule has 1 fully saturated rings. The van der Waals surface area contributed by atoms with Gasteiger partial charge in [-0.1, -0.05) is 59.4 Å². The van der Waals surface area contributed by atoms with E-state index in [0.29, 0.717) is 40.9 Å². The molecule has 1 aromatic heterocycles. The zero-order valence-electron chi connectivity index (χ0n) is 21.6. The van der Waals surface area contributed by atoms with Crippen molar-refractivity contribution in [1.82, 2.24) is 9.29 Å². The van der Waals surface area contributed by atoms with E-state index in [2.05, 4.69) is 10.3 Å². The minimum Gasteiger partial charge on any atom is -0.452 e. The molecule has 3 aromatic carbocycles. The number of esters is 1. The number of hydrogen-bond acceptors (Lipinski definition) is 6. The number of anilines is 1. The first-order valence-electron chi connectivity index (χ1n) is 12.8. The van der Waals surface area contributed by atoms with E-state index in [-0.39, 0.29) is 25.5 Å². The molecule has 2 heterocycles. The number of nitrogens with zero attached hydrogens (tertiary/aromatic N) is 2. The van der Waals surface area contributed by atoms with Crippen molar-refractivity contribution >= 4 is 73.3 Å². The highest BCUT2D eigenvalue weighted by Crippen LogP contribution is 2.38. The zero-order valence-corrected chi connectivity index (χ0v) is 24.7. The molecule has 8 nitrogen and oxygen atoms in total. The standard InChI is InChI=1S/C29H24Cl3N3O5S/c30-23-13-12-21(27(31)28(23)32)25-16-22(20-6-2-3-7-24(20)34-25)29(37)40-17-26(36)33-18-8-10-19(11-9-18)41(38,39)35-14-4-1-5-15-35/h2-3,6-13,16H,1,4-5,14-15,17H2,(H,33,36). The summed E-state index contributed by atoms with van der Waals surface area (Å²) in [6, 6.07) is 17.7. The maximum atomic E-state index is 13.1. The van der Waals surface area contributed by atoms with Crippen LogP contribution in [-0.2, 0) is 19.6 Å². The van der Waals surface area contributed by atoms with Crippen LogP contribution in [0.3, 0.4) is 0 Å². The molecule has 0 aliphatic carbocycles. The minimum atomic E-state index is -3.58. The molecular weight excluding hydrogens is 609 g/mol. The number of carbonyl (C=O) groups excluding carboxylic acids is 2. The second kappa shape index (κ2) is 12.3. The zero-order chi connectivity index (χ0) is 29.1. The van der Waals surface area contributed by atoms with E-state index in [1.54, 1.807) is 36.4 Å². The predicted molar refractivity (Wildman–Crippen MR) is 160 cm³/mol. The number of piperidine rings is 1. The van der Waals surface area contributed by atoms with Crippen molar-refractivity contribution in [2.24, 2.45) is 0 Å². The molecular formula is C29H24Cl3N3O5S. The Hall–Kier alpha value is -3.21. The van der Waals surface area contributed by atoms with E-state index in [1.165, 1.54) is 34.6 Å². The van der Waals surface area contributed by atoms with Crippen molar-refractivity contribution in [3.63, 3.8) is 0 Å². The third-order valence-electron chi connectivity index (χ3n) is 6.67. The van der Waals surface area contributed by atoms with Gasteiger partial charge in [-0.3, -0.25) is 4.79 Å². The molecule has 0 unspecified atom stereocenters. The number of rotatable bonds is 7. The van der Waals surface area contributed by atoms with Crippen molar-refractivity contribution in [1.29, 1.82) is 0 Å². The summed E-state index contributed by atoms with van der Waals surface area (Å²) in [4.78, 5) is 30.5. The average molecular weight is 633 g/mol. The van der Waals surface area contributed by atoms with Crippen molar-refractivity contribution in [2.45, 2.75) is 24.2 Å². The van der Waals surface area contributed by atoms with E-state index in [0.717, 1.165) is 19.3 Å². The molecule has 5 rings (SSSR count). The molecule has 0 atom stereocenters. The van der Waals surface area contributed by atoms with Crippen molar-refractivity contribution < 1.29 is 22.7 Å². The monoisotopic (exact) mass is 631 g/mol. The Bertz CT molecular complexity index is 1740. The molecule has 212 valence electrons. The molecule has 0 bridgehead atoms. The normalized spacial score (nSPS) is 14.1. The lowest BCUT2D eigenvalue weighted by molar-refractivity contribution is -0.119. The van der Waals surface area contributed by atoms with Crippen molar-refractivity contribution in [3.8, 4) is 11.3 Å². The van der Waals surface area contributed by atoms with Crippen LogP contribution in [0.5, 0.6) is 0 Å². The van der Waals surface area contributed by atoms with Gasteiger partial charge < -0.3 is 10.1 Å². The fourth-order valence-corrected chi connectivity index (χ4v) is 6.73. The number of ether oxygens (including phenoxy) is 1. The number of amides is 1. The number of carbonyl (C=O) groups is 2. The lowest BCUT2D eigenvalue weighted by Crippen LogP contribution is -2.35. The van der Waals surface area contributed by atoms with Gasteiger partial charge in [0.1, 0.15) is 0 Å². The second-order valence-electron chi connectivity index (χ2n) is 9.41. The number of sulfonamides is 1. The highest BCUT2D eigenvalue weighted by atomic mass is 35.5. The molecule has 41 heavy (non-hydrogen) atoms. The molecule has 0 saturated carbocycles. The Morgan fingerprint density at radius 1 is 0.902 bits per heavy atom. The van der Waals surface area contributed by atoms with Gasteiger partial charge in [0, 0.05) is 29.7 Å². The lowest BCUT2D eigenvalue weighted by Gasteiger charge is -2.25. The number of pyridine rings is 1. The van der Waals surface area contributed by atoms with Crippen LogP contribution in [0.4, 0.5) is 5.69 Å². The highest BCUT2D eigenvalue weighted by Gasteiger charge is 2.26. The molecule has 0 radical (unpaired) electrons. The summed E-state index contributed by atoms with van der Waals surface area (Å²) >= 11 is 18.7. The van der Waals surface area contributed by atoms with Gasteiger partial charge in [0.15, 0.2) is 6.61 Å². The third-order valence-corrected chi connectivity index (χ3v) is 9.88. The molecule has 1 amide bonds. The van der Waals surface area contributed by atoms with Crippen LogP contribution in [-0.4, -0.2) is 49.3 Å². The van der Waals surface area contributed by atoms with Crippen molar-refractivity contribution in [3.05, 3.63) is 87.4 Å². The van der Waals surface area contributed by atoms with E-state index >= 15 is 0 Å². The maximum Gasteiger partial charge on any atom is 0.339 e. The van der Waals surface area contributed by atoms with Gasteiger partial charge in [-0.25, -0.2) is 18.2 Å². The largest absolute Gasteiger partial charge is 0.452 e. The number of halogens is 3. The number of benzene rings is 3. The van der Waals surface area contributed by atoms with E-state index in [4.69, 9.17) is 39.5 Å². The molecule has 1 N–H and O–H groups in total. The second-order valence-corrected chi connectivity index (χ2v) is 12.5. The van der Waals surface area contributed by atoms with Crippen LogP contribution in [0.2, 0.25) is 15.1 Å². The van der Waals surface area contributed by atoms with Crippen LogP contribution in [0.15, 0.2) is 71.6 Å². The van der Waals surface area contributed by atoms with E-state index < -0.39 is 28.5 Å². The number of para-hydroxylation sites is 1. The third kappa shape index (κ3) is 6.34. The average Bonchev–Trinajstić information content (AvgIpc) is 2.99. The van der Waals surface area contributed by atoms with Gasteiger partial charge in [-0.15, -0.1) is 0 Å². The number of nitrogens with one attached hydrogen (secondary N) is 1. The number of fused-ring (bicyclic) bond motifs is 1. The first-order chi connectivity index (χ1) is 19.6. The maximum absolute atomic E-state index is 13.1. The molecule has 1 saturated heterocycles. The Kier molecular flexibility index (Phi) is 8.82. The number of hydrogen-bond donors (Lipinski definition) is 1. The SMILES string of the molecule is O=C(COC(=O)c1cc(-c2ccc(Cl)c(Cl)c2Cl)nc2ccccc12)Nc1ccc(S(=O)(=O)N2CCCCC2)cc1. The quantitative estimate of drug-likeness (QED) is 0.177. The van der Waals surface area contributed by atoms with Gasteiger partial charge in [0.05, 0.1) is 36.7 Å². The summed E-state index contributed by atoms with van der Waals surface area (Å²) in [6.45, 7) is 0.439. The smallest absolute Gasteiger partial charge is 0.339 e. The fraction of sp³-hybridized carbons (Fsp3) is 0.207. The van der Waals surface area contributed by atoms with Crippen LogP contribution >= 0.6 is 34.8 Å². The Morgan fingerprint density at radius 2 is 1.61 bits per heavy atom. The summed E-state index contributed by atoms with van der Waals surface area (Å²) in [5.41, 5.74) is 1.93. The van der Waals surface area contributed by atoms with Crippen LogP contribution < -0.4 is 5.32 Å².